The fraction of sp³-hybridized carbons (Fsp3) is 0.333. The number of nitro benzene ring substituents is 1. The zero-order valence-electron chi connectivity index (χ0n) is 9.33. The van der Waals surface area contributed by atoms with Gasteiger partial charge in [-0.1, -0.05) is 0 Å². The molecule has 2 N–H and O–H groups in total. The van der Waals surface area contributed by atoms with Gasteiger partial charge in [0.2, 0.25) is 10.0 Å². The van der Waals surface area contributed by atoms with Crippen LogP contribution in [-0.2, 0) is 10.0 Å². The number of hydrogen-bond acceptors (Lipinski definition) is 5. The first kappa shape index (κ1) is 14.5. The highest BCUT2D eigenvalue weighted by atomic mass is 32.2. The Morgan fingerprint density at radius 2 is 2.17 bits per heavy atom. The first-order valence-corrected chi connectivity index (χ1v) is 6.33. The van der Waals surface area contributed by atoms with Gasteiger partial charge in [-0.25, -0.2) is 17.5 Å². The van der Waals surface area contributed by atoms with E-state index in [0.717, 1.165) is 12.1 Å². The predicted octanol–water partition coefficient (Wildman–Crippen LogP) is 0.393. The molecule has 0 heterocycles. The summed E-state index contributed by atoms with van der Waals surface area (Å²) in [6.07, 6.45) is 0. The van der Waals surface area contributed by atoms with Gasteiger partial charge in [-0.2, -0.15) is 0 Å². The fourth-order valence-corrected chi connectivity index (χ4v) is 2.48. The molecule has 1 aromatic carbocycles. The summed E-state index contributed by atoms with van der Waals surface area (Å²) in [7, 11) is -4.15. The van der Waals surface area contributed by atoms with Gasteiger partial charge in [0.05, 0.1) is 17.6 Å². The number of nitrogens with zero attached hydrogens (tertiary/aromatic N) is 1. The van der Waals surface area contributed by atoms with Crippen molar-refractivity contribution in [2.75, 3.05) is 6.61 Å². The van der Waals surface area contributed by atoms with Crippen molar-refractivity contribution in [1.29, 1.82) is 0 Å². The van der Waals surface area contributed by atoms with Crippen LogP contribution in [0.15, 0.2) is 23.1 Å². The summed E-state index contributed by atoms with van der Waals surface area (Å²) in [6.45, 7) is 0.939. The van der Waals surface area contributed by atoms with Crippen LogP contribution in [0.2, 0.25) is 0 Å². The first-order valence-electron chi connectivity index (χ1n) is 4.85. The average Bonchev–Trinajstić information content (AvgIpc) is 2.27. The van der Waals surface area contributed by atoms with Crippen molar-refractivity contribution >= 4 is 15.7 Å². The van der Waals surface area contributed by atoms with Crippen LogP contribution < -0.4 is 4.72 Å². The van der Waals surface area contributed by atoms with E-state index in [1.807, 2.05) is 4.72 Å². The van der Waals surface area contributed by atoms with Gasteiger partial charge < -0.3 is 5.11 Å². The van der Waals surface area contributed by atoms with Crippen LogP contribution in [0.4, 0.5) is 10.1 Å². The lowest BCUT2D eigenvalue weighted by molar-refractivity contribution is -0.385. The van der Waals surface area contributed by atoms with Crippen molar-refractivity contribution in [3.8, 4) is 0 Å². The van der Waals surface area contributed by atoms with E-state index < -0.39 is 44.0 Å². The Kier molecular flexibility index (Phi) is 4.33. The number of non-ortho nitro benzene ring substituents is 1. The van der Waals surface area contributed by atoms with Crippen LogP contribution in [0.25, 0.3) is 0 Å². The van der Waals surface area contributed by atoms with Crippen molar-refractivity contribution in [1.82, 2.24) is 4.72 Å². The molecular weight excluding hydrogens is 267 g/mol. The van der Waals surface area contributed by atoms with Gasteiger partial charge in [-0.05, 0) is 13.0 Å². The van der Waals surface area contributed by atoms with Crippen LogP contribution in [-0.4, -0.2) is 31.1 Å². The van der Waals surface area contributed by atoms with Crippen molar-refractivity contribution in [2.45, 2.75) is 17.9 Å². The lowest BCUT2D eigenvalue weighted by Gasteiger charge is -2.11. The molecule has 1 aromatic rings. The number of halogens is 1. The second-order valence-corrected chi connectivity index (χ2v) is 5.26. The van der Waals surface area contributed by atoms with Crippen molar-refractivity contribution < 1.29 is 22.8 Å². The number of nitrogens with one attached hydrogen (secondary N) is 1. The van der Waals surface area contributed by atoms with E-state index in [1.54, 1.807) is 0 Å². The van der Waals surface area contributed by atoms with Gasteiger partial charge >= 0.3 is 0 Å². The molecule has 0 aliphatic carbocycles. The molecule has 0 aromatic heterocycles. The Bertz CT molecular complexity index is 560. The second kappa shape index (κ2) is 5.38. The molecule has 9 heteroatoms. The maximum atomic E-state index is 13.5. The highest BCUT2D eigenvalue weighted by Crippen LogP contribution is 2.20. The van der Waals surface area contributed by atoms with E-state index in [9.17, 15) is 22.9 Å². The second-order valence-electron chi connectivity index (χ2n) is 3.58. The molecule has 0 radical (unpaired) electrons. The lowest BCUT2D eigenvalue weighted by atomic mass is 10.3. The molecule has 1 atom stereocenters. The van der Waals surface area contributed by atoms with Gasteiger partial charge in [0, 0.05) is 12.1 Å². The molecule has 0 aliphatic heterocycles. The summed E-state index contributed by atoms with van der Waals surface area (Å²) >= 11 is 0. The van der Waals surface area contributed by atoms with Gasteiger partial charge in [-0.15, -0.1) is 0 Å². The Balaban J connectivity index is 3.14. The molecule has 0 saturated heterocycles. The zero-order valence-corrected chi connectivity index (χ0v) is 10.1. The first-order chi connectivity index (χ1) is 8.27. The smallest absolute Gasteiger partial charge is 0.272 e. The molecule has 0 fully saturated rings. The largest absolute Gasteiger partial charge is 0.395 e. The molecular formula is C9H11FN2O5S. The van der Waals surface area contributed by atoms with E-state index in [4.69, 9.17) is 5.11 Å². The SMILES string of the molecule is CC(CO)NS(=O)(=O)c1ccc([N+](=O)[O-])cc1F. The average molecular weight is 278 g/mol. The number of aliphatic hydroxyl groups is 1. The molecule has 0 aliphatic rings. The third kappa shape index (κ3) is 3.22. The van der Waals surface area contributed by atoms with Gasteiger partial charge in [0.15, 0.2) is 0 Å². The highest BCUT2D eigenvalue weighted by molar-refractivity contribution is 7.89. The van der Waals surface area contributed by atoms with E-state index in [-0.39, 0.29) is 0 Å². The molecule has 7 nitrogen and oxygen atoms in total. The van der Waals surface area contributed by atoms with Crippen LogP contribution in [0.5, 0.6) is 0 Å². The Hall–Kier alpha value is -1.58. The lowest BCUT2D eigenvalue weighted by Crippen LogP contribution is -2.35. The van der Waals surface area contributed by atoms with Crippen molar-refractivity contribution in [3.05, 3.63) is 34.1 Å². The Labute approximate surface area is 102 Å². The summed E-state index contributed by atoms with van der Waals surface area (Å²) in [6, 6.07) is 1.43. The summed E-state index contributed by atoms with van der Waals surface area (Å²) in [5.41, 5.74) is -0.540. The number of sulfonamides is 1. The molecule has 0 amide bonds. The summed E-state index contributed by atoms with van der Waals surface area (Å²) < 4.78 is 38.8. The summed E-state index contributed by atoms with van der Waals surface area (Å²) in [5.74, 6) is -1.22. The van der Waals surface area contributed by atoms with Gasteiger partial charge in [-0.3, -0.25) is 10.1 Å². The Morgan fingerprint density at radius 3 is 2.61 bits per heavy atom. The third-order valence-corrected chi connectivity index (χ3v) is 3.67. The van der Waals surface area contributed by atoms with Gasteiger partial charge in [0.1, 0.15) is 10.7 Å². The minimum absolute atomic E-state index is 0.451. The number of rotatable bonds is 5. The van der Waals surface area contributed by atoms with Crippen molar-refractivity contribution in [3.63, 3.8) is 0 Å². The normalized spacial score (nSPS) is 13.3. The van der Waals surface area contributed by atoms with E-state index in [1.165, 1.54) is 6.92 Å². The number of hydrogen-bond donors (Lipinski definition) is 2. The number of nitro groups is 1. The molecule has 100 valence electrons. The summed E-state index contributed by atoms with van der Waals surface area (Å²) in [5, 5.41) is 19.1. The van der Waals surface area contributed by atoms with Crippen LogP contribution in [0, 0.1) is 15.9 Å². The van der Waals surface area contributed by atoms with Crippen LogP contribution in [0.3, 0.4) is 0 Å². The monoisotopic (exact) mass is 278 g/mol. The standard InChI is InChI=1S/C9H11FN2O5S/c1-6(5-13)11-18(16,17)9-3-2-7(12(14)15)4-8(9)10/h2-4,6,11,13H,5H2,1H3. The predicted molar refractivity (Wildman–Crippen MR) is 59.9 cm³/mol. The molecule has 0 spiro atoms. The molecule has 1 rings (SSSR count). The topological polar surface area (TPSA) is 110 Å². The number of aliphatic hydroxyl groups excluding tert-OH is 1. The maximum Gasteiger partial charge on any atom is 0.272 e. The highest BCUT2D eigenvalue weighted by Gasteiger charge is 2.23. The van der Waals surface area contributed by atoms with Crippen LogP contribution >= 0.6 is 0 Å². The van der Waals surface area contributed by atoms with E-state index >= 15 is 0 Å². The van der Waals surface area contributed by atoms with Gasteiger partial charge in [0.25, 0.3) is 5.69 Å². The third-order valence-electron chi connectivity index (χ3n) is 2.05. The maximum absolute atomic E-state index is 13.5. The van der Waals surface area contributed by atoms with E-state index in [0.29, 0.717) is 6.07 Å². The summed E-state index contributed by atoms with van der Waals surface area (Å²) in [4.78, 5) is 8.85. The molecule has 0 bridgehead atoms. The minimum atomic E-state index is -4.15. The minimum Gasteiger partial charge on any atom is -0.395 e. The number of benzene rings is 1. The quantitative estimate of drug-likeness (QED) is 0.598. The zero-order chi connectivity index (χ0) is 13.9. The molecule has 18 heavy (non-hydrogen) atoms. The van der Waals surface area contributed by atoms with Crippen LogP contribution in [0.1, 0.15) is 6.92 Å². The fourth-order valence-electron chi connectivity index (χ4n) is 1.19. The molecule has 1 unspecified atom stereocenters. The molecule has 0 saturated carbocycles. The van der Waals surface area contributed by atoms with E-state index in [2.05, 4.69) is 0 Å². The van der Waals surface area contributed by atoms with Crippen molar-refractivity contribution in [2.24, 2.45) is 0 Å². The Morgan fingerprint density at radius 1 is 1.56 bits per heavy atom.